The predicted molar refractivity (Wildman–Crippen MR) is 113 cm³/mol. The van der Waals surface area contributed by atoms with Crippen molar-refractivity contribution in [3.8, 4) is 5.88 Å². The molecule has 4 rings (SSSR count). The highest BCUT2D eigenvalue weighted by Crippen LogP contribution is 2.34. The minimum atomic E-state index is -0.922. The van der Waals surface area contributed by atoms with Crippen molar-refractivity contribution in [2.24, 2.45) is 7.05 Å². The van der Waals surface area contributed by atoms with Gasteiger partial charge in [0.1, 0.15) is 18.4 Å². The van der Waals surface area contributed by atoms with Gasteiger partial charge < -0.3 is 19.4 Å². The average molecular weight is 420 g/mol. The van der Waals surface area contributed by atoms with Gasteiger partial charge >= 0.3 is 0 Å². The molecule has 8 nitrogen and oxygen atoms in total. The van der Waals surface area contributed by atoms with Gasteiger partial charge in [-0.15, -0.1) is 0 Å². The maximum atomic E-state index is 13.5. The Labute approximate surface area is 180 Å². The van der Waals surface area contributed by atoms with E-state index in [4.69, 9.17) is 9.15 Å². The van der Waals surface area contributed by atoms with E-state index in [0.717, 1.165) is 0 Å². The molecule has 1 N–H and O–H groups in total. The Hall–Kier alpha value is -3.81. The second kappa shape index (κ2) is 8.91. The van der Waals surface area contributed by atoms with E-state index in [1.165, 1.54) is 0 Å². The SMILES string of the molecule is Cc1nn(C)c2c1C(C(=O)NCc1ccco1)N(C(=O)c1ccccc1)C/C=C\CO2. The number of carbonyl (C=O) groups is 2. The molecule has 160 valence electrons. The molecule has 0 spiro atoms. The van der Waals surface area contributed by atoms with Crippen LogP contribution in [0.2, 0.25) is 0 Å². The Morgan fingerprint density at radius 3 is 2.71 bits per heavy atom. The van der Waals surface area contributed by atoms with Crippen LogP contribution in [0.1, 0.15) is 33.4 Å². The first-order valence-electron chi connectivity index (χ1n) is 10.0. The topological polar surface area (TPSA) is 89.6 Å². The summed E-state index contributed by atoms with van der Waals surface area (Å²) in [5.41, 5.74) is 1.71. The van der Waals surface area contributed by atoms with Gasteiger partial charge in [-0.25, -0.2) is 4.68 Å². The highest BCUT2D eigenvalue weighted by atomic mass is 16.5. The predicted octanol–water partition coefficient (Wildman–Crippen LogP) is 2.77. The third-order valence-electron chi connectivity index (χ3n) is 5.13. The van der Waals surface area contributed by atoms with Crippen LogP contribution in [0.5, 0.6) is 5.88 Å². The number of furan rings is 1. The second-order valence-corrected chi connectivity index (χ2v) is 7.23. The molecule has 1 atom stereocenters. The second-order valence-electron chi connectivity index (χ2n) is 7.23. The van der Waals surface area contributed by atoms with Crippen molar-refractivity contribution in [3.05, 3.63) is 83.5 Å². The number of amides is 2. The van der Waals surface area contributed by atoms with E-state index in [1.54, 1.807) is 59.3 Å². The van der Waals surface area contributed by atoms with Gasteiger partial charge in [-0.1, -0.05) is 24.3 Å². The van der Waals surface area contributed by atoms with Crippen LogP contribution < -0.4 is 10.1 Å². The Kier molecular flexibility index (Phi) is 5.88. The smallest absolute Gasteiger partial charge is 0.255 e. The van der Waals surface area contributed by atoms with Crippen molar-refractivity contribution >= 4 is 11.8 Å². The van der Waals surface area contributed by atoms with E-state index in [1.807, 2.05) is 25.1 Å². The zero-order valence-corrected chi connectivity index (χ0v) is 17.4. The monoisotopic (exact) mass is 420 g/mol. The highest BCUT2D eigenvalue weighted by Gasteiger charge is 2.37. The van der Waals surface area contributed by atoms with E-state index >= 15 is 0 Å². The Morgan fingerprint density at radius 1 is 1.16 bits per heavy atom. The maximum Gasteiger partial charge on any atom is 0.255 e. The first-order valence-corrected chi connectivity index (χ1v) is 10.0. The highest BCUT2D eigenvalue weighted by molar-refractivity contribution is 5.98. The number of nitrogens with one attached hydrogen (secondary N) is 1. The minimum absolute atomic E-state index is 0.209. The first-order chi connectivity index (χ1) is 15.1. The summed E-state index contributed by atoms with van der Waals surface area (Å²) in [6.45, 7) is 2.59. The number of hydrogen-bond acceptors (Lipinski definition) is 5. The van der Waals surface area contributed by atoms with Crippen molar-refractivity contribution in [3.63, 3.8) is 0 Å². The number of fused-ring (bicyclic) bond motifs is 1. The average Bonchev–Trinajstić information content (AvgIpc) is 3.40. The van der Waals surface area contributed by atoms with Crippen molar-refractivity contribution < 1.29 is 18.7 Å². The number of rotatable bonds is 4. The number of benzene rings is 1. The van der Waals surface area contributed by atoms with Gasteiger partial charge in [0.2, 0.25) is 11.8 Å². The summed E-state index contributed by atoms with van der Waals surface area (Å²) < 4.78 is 12.8. The summed E-state index contributed by atoms with van der Waals surface area (Å²) in [5.74, 6) is 0.501. The van der Waals surface area contributed by atoms with Gasteiger partial charge in [0.25, 0.3) is 5.91 Å². The van der Waals surface area contributed by atoms with E-state index in [0.29, 0.717) is 35.1 Å². The summed E-state index contributed by atoms with van der Waals surface area (Å²) in [6.07, 6.45) is 5.22. The fraction of sp³-hybridized carbons (Fsp3) is 0.261. The third kappa shape index (κ3) is 4.23. The quantitative estimate of drug-likeness (QED) is 0.656. The molecule has 3 aromatic rings. The molecule has 0 aliphatic carbocycles. The fourth-order valence-electron chi connectivity index (χ4n) is 3.69. The van der Waals surface area contributed by atoms with Crippen molar-refractivity contribution in [2.75, 3.05) is 13.2 Å². The number of nitrogens with zero attached hydrogens (tertiary/aromatic N) is 3. The van der Waals surface area contributed by atoms with Crippen LogP contribution in [0.15, 0.2) is 65.3 Å². The summed E-state index contributed by atoms with van der Waals surface area (Å²) in [7, 11) is 1.76. The van der Waals surface area contributed by atoms with Crippen LogP contribution in [-0.4, -0.2) is 39.6 Å². The molecular weight excluding hydrogens is 396 g/mol. The molecule has 1 aliphatic heterocycles. The number of ether oxygens (including phenoxy) is 1. The van der Waals surface area contributed by atoms with Crippen LogP contribution in [0, 0.1) is 6.92 Å². The van der Waals surface area contributed by atoms with E-state index < -0.39 is 6.04 Å². The summed E-state index contributed by atoms with van der Waals surface area (Å²) >= 11 is 0. The molecule has 0 radical (unpaired) electrons. The zero-order chi connectivity index (χ0) is 21.8. The lowest BCUT2D eigenvalue weighted by atomic mass is 10.0. The van der Waals surface area contributed by atoms with Crippen LogP contribution in [0.25, 0.3) is 0 Å². The molecule has 0 bridgehead atoms. The molecule has 3 heterocycles. The molecular formula is C23H24N4O4. The standard InChI is InChI=1S/C23H24N4O4/c1-16-19-20(21(28)24-15-18-11-8-14-30-18)27(22(29)17-9-4-3-5-10-17)12-6-7-13-31-23(19)26(2)25-16/h3-11,14,20H,12-13,15H2,1-2H3,(H,24,28)/b7-6-. The number of aryl methyl sites for hydroxylation is 2. The molecule has 0 saturated heterocycles. The van der Waals surface area contributed by atoms with Gasteiger partial charge in [-0.2, -0.15) is 5.10 Å². The zero-order valence-electron chi connectivity index (χ0n) is 17.4. The minimum Gasteiger partial charge on any atom is -0.473 e. The number of hydrogen-bond donors (Lipinski definition) is 1. The molecule has 31 heavy (non-hydrogen) atoms. The van der Waals surface area contributed by atoms with E-state index in [9.17, 15) is 9.59 Å². The molecule has 2 aromatic heterocycles. The van der Waals surface area contributed by atoms with Gasteiger partial charge in [0.15, 0.2) is 0 Å². The van der Waals surface area contributed by atoms with Crippen molar-refractivity contribution in [1.29, 1.82) is 0 Å². The molecule has 1 aromatic carbocycles. The van der Waals surface area contributed by atoms with Crippen LogP contribution in [0.4, 0.5) is 0 Å². The third-order valence-corrected chi connectivity index (χ3v) is 5.13. The van der Waals surface area contributed by atoms with Gasteiger partial charge in [0.05, 0.1) is 24.1 Å². The van der Waals surface area contributed by atoms with Gasteiger partial charge in [-0.05, 0) is 37.3 Å². The molecule has 8 heteroatoms. The fourth-order valence-corrected chi connectivity index (χ4v) is 3.69. The molecule has 0 saturated carbocycles. The van der Waals surface area contributed by atoms with Crippen LogP contribution in [0.3, 0.4) is 0 Å². The molecule has 0 fully saturated rings. The normalized spacial score (nSPS) is 17.0. The number of aromatic nitrogens is 2. The van der Waals surface area contributed by atoms with Gasteiger partial charge in [0, 0.05) is 19.2 Å². The Bertz CT molecular complexity index is 1090. The lowest BCUT2D eigenvalue weighted by Gasteiger charge is -2.30. The lowest BCUT2D eigenvalue weighted by Crippen LogP contribution is -2.44. The van der Waals surface area contributed by atoms with Gasteiger partial charge in [-0.3, -0.25) is 9.59 Å². The number of carbonyl (C=O) groups excluding carboxylic acids is 2. The maximum absolute atomic E-state index is 13.5. The molecule has 2 amide bonds. The summed E-state index contributed by atoms with van der Waals surface area (Å²) in [6, 6.07) is 11.5. The molecule has 1 aliphatic rings. The largest absolute Gasteiger partial charge is 0.473 e. The van der Waals surface area contributed by atoms with Crippen LogP contribution >= 0.6 is 0 Å². The Morgan fingerprint density at radius 2 is 1.97 bits per heavy atom. The summed E-state index contributed by atoms with van der Waals surface area (Å²) in [4.78, 5) is 28.5. The summed E-state index contributed by atoms with van der Waals surface area (Å²) in [5, 5.41) is 7.34. The van der Waals surface area contributed by atoms with Crippen molar-refractivity contribution in [2.45, 2.75) is 19.5 Å². The van der Waals surface area contributed by atoms with E-state index in [2.05, 4.69) is 10.4 Å². The molecule has 1 unspecified atom stereocenters. The lowest BCUT2D eigenvalue weighted by molar-refractivity contribution is -0.126. The van der Waals surface area contributed by atoms with Crippen molar-refractivity contribution in [1.82, 2.24) is 20.0 Å². The van der Waals surface area contributed by atoms with E-state index in [-0.39, 0.29) is 24.9 Å². The first kappa shape index (κ1) is 20.5. The Balaban J connectivity index is 1.76. The van der Waals surface area contributed by atoms with Crippen LogP contribution in [-0.2, 0) is 18.4 Å².